The number of likely N-dealkylation sites (N-methyl/N-ethyl adjacent to an activating group) is 2. The van der Waals surface area contributed by atoms with Crippen molar-refractivity contribution in [2.24, 2.45) is 0 Å². The molecular formula is C18H32N2O. The molecule has 1 rings (SSSR count). The van der Waals surface area contributed by atoms with E-state index in [2.05, 4.69) is 69.2 Å². The highest BCUT2D eigenvalue weighted by atomic mass is 16.5. The maximum atomic E-state index is 5.71. The van der Waals surface area contributed by atoms with E-state index in [1.54, 1.807) is 0 Å². The lowest BCUT2D eigenvalue weighted by Crippen LogP contribution is -2.33. The molecule has 0 amide bonds. The molecule has 0 saturated heterocycles. The molecule has 3 heteroatoms. The zero-order valence-corrected chi connectivity index (χ0v) is 14.4. The molecule has 0 aliphatic rings. The number of hydrogen-bond donors (Lipinski definition) is 1. The van der Waals surface area contributed by atoms with E-state index in [4.69, 9.17) is 4.74 Å². The normalized spacial score (nSPS) is 12.9. The van der Waals surface area contributed by atoms with E-state index in [-0.39, 0.29) is 6.10 Å². The second-order valence-corrected chi connectivity index (χ2v) is 5.96. The van der Waals surface area contributed by atoms with Crippen LogP contribution < -0.4 is 10.1 Å². The van der Waals surface area contributed by atoms with Gasteiger partial charge < -0.3 is 15.0 Å². The molecule has 1 unspecified atom stereocenters. The average molecular weight is 292 g/mol. The van der Waals surface area contributed by atoms with Crippen LogP contribution in [0.5, 0.6) is 5.75 Å². The summed E-state index contributed by atoms with van der Waals surface area (Å²) in [6.07, 6.45) is 2.73. The van der Waals surface area contributed by atoms with Crippen LogP contribution in [0.1, 0.15) is 52.1 Å². The van der Waals surface area contributed by atoms with Crippen LogP contribution in [0.3, 0.4) is 0 Å². The number of nitrogens with one attached hydrogen (secondary N) is 1. The first-order chi connectivity index (χ1) is 10.1. The van der Waals surface area contributed by atoms with Crippen molar-refractivity contribution in [3.05, 3.63) is 29.8 Å². The molecule has 0 heterocycles. The van der Waals surface area contributed by atoms with Crippen molar-refractivity contribution in [3.8, 4) is 5.75 Å². The Kier molecular flexibility index (Phi) is 8.40. The molecule has 120 valence electrons. The minimum Gasteiger partial charge on any atom is -0.491 e. The van der Waals surface area contributed by atoms with Gasteiger partial charge in [0.15, 0.2) is 0 Å². The predicted molar refractivity (Wildman–Crippen MR) is 91.0 cm³/mol. The van der Waals surface area contributed by atoms with Gasteiger partial charge in [-0.15, -0.1) is 0 Å². The number of unbranched alkanes of at least 4 members (excludes halogenated alkanes) is 1. The van der Waals surface area contributed by atoms with Crippen LogP contribution in [-0.2, 0) is 0 Å². The van der Waals surface area contributed by atoms with Gasteiger partial charge in [-0.3, -0.25) is 0 Å². The van der Waals surface area contributed by atoms with Crippen molar-refractivity contribution < 1.29 is 4.74 Å². The molecule has 0 fully saturated rings. The van der Waals surface area contributed by atoms with E-state index in [0.717, 1.165) is 25.4 Å². The monoisotopic (exact) mass is 292 g/mol. The summed E-state index contributed by atoms with van der Waals surface area (Å²) in [5.41, 5.74) is 1.33. The van der Waals surface area contributed by atoms with Gasteiger partial charge in [-0.05, 0) is 58.1 Å². The lowest BCUT2D eigenvalue weighted by atomic mass is 10.1. The smallest absolute Gasteiger partial charge is 0.119 e. The summed E-state index contributed by atoms with van der Waals surface area (Å²) in [5.74, 6) is 0.948. The first kappa shape index (κ1) is 18.0. The zero-order chi connectivity index (χ0) is 15.7. The van der Waals surface area contributed by atoms with Crippen molar-refractivity contribution in [3.63, 3.8) is 0 Å². The van der Waals surface area contributed by atoms with Crippen LogP contribution >= 0.6 is 0 Å². The fourth-order valence-corrected chi connectivity index (χ4v) is 2.42. The first-order valence-corrected chi connectivity index (χ1v) is 8.25. The summed E-state index contributed by atoms with van der Waals surface area (Å²) in [4.78, 5) is 2.41. The second kappa shape index (κ2) is 9.80. The van der Waals surface area contributed by atoms with Gasteiger partial charge in [-0.25, -0.2) is 0 Å². The summed E-state index contributed by atoms with van der Waals surface area (Å²) < 4.78 is 5.71. The number of hydrogen-bond acceptors (Lipinski definition) is 3. The number of rotatable bonds is 10. The third-order valence-electron chi connectivity index (χ3n) is 3.49. The Balaban J connectivity index is 2.66. The average Bonchev–Trinajstić information content (AvgIpc) is 2.45. The van der Waals surface area contributed by atoms with E-state index in [9.17, 15) is 0 Å². The van der Waals surface area contributed by atoms with Crippen LogP contribution in [0, 0.1) is 0 Å². The van der Waals surface area contributed by atoms with Crippen LogP contribution in [-0.4, -0.2) is 37.7 Å². The third kappa shape index (κ3) is 6.96. The van der Waals surface area contributed by atoms with Gasteiger partial charge in [-0.2, -0.15) is 0 Å². The summed E-state index contributed by atoms with van der Waals surface area (Å²) >= 11 is 0. The summed E-state index contributed by atoms with van der Waals surface area (Å²) in [5, 5.41) is 3.58. The number of nitrogens with zero attached hydrogens (tertiary/aromatic N) is 1. The highest BCUT2D eigenvalue weighted by Crippen LogP contribution is 2.19. The molecule has 1 atom stereocenters. The summed E-state index contributed by atoms with van der Waals surface area (Å²) in [7, 11) is 2.20. The molecule has 3 nitrogen and oxygen atoms in total. The molecule has 0 radical (unpaired) electrons. The first-order valence-electron chi connectivity index (χ1n) is 8.25. The number of benzene rings is 1. The lowest BCUT2D eigenvalue weighted by Gasteiger charge is -2.25. The van der Waals surface area contributed by atoms with Gasteiger partial charge in [0.25, 0.3) is 0 Å². The van der Waals surface area contributed by atoms with Crippen LogP contribution in [0.25, 0.3) is 0 Å². The molecule has 1 aromatic carbocycles. The Morgan fingerprint density at radius 3 is 2.33 bits per heavy atom. The molecule has 0 aliphatic heterocycles. The third-order valence-corrected chi connectivity index (χ3v) is 3.49. The molecule has 0 bridgehead atoms. The van der Waals surface area contributed by atoms with E-state index < -0.39 is 0 Å². The van der Waals surface area contributed by atoms with Gasteiger partial charge >= 0.3 is 0 Å². The standard InChI is InChI=1S/C18H32N2O/c1-6-8-13-20(5)14-18(19-7-2)16-9-11-17(12-10-16)21-15(3)4/h9-12,15,18-19H,6-8,13-14H2,1-5H3. The Hall–Kier alpha value is -1.06. The maximum Gasteiger partial charge on any atom is 0.119 e. The van der Waals surface area contributed by atoms with E-state index in [0.29, 0.717) is 6.04 Å². The minimum atomic E-state index is 0.223. The Labute approximate surface area is 130 Å². The fraction of sp³-hybridized carbons (Fsp3) is 0.667. The largest absolute Gasteiger partial charge is 0.491 e. The van der Waals surface area contributed by atoms with E-state index in [1.807, 2.05) is 0 Å². The predicted octanol–water partition coefficient (Wildman–Crippen LogP) is 3.86. The molecule has 1 aromatic rings. The molecule has 0 aromatic heterocycles. The molecule has 0 saturated carbocycles. The van der Waals surface area contributed by atoms with Crippen molar-refractivity contribution in [2.75, 3.05) is 26.7 Å². The van der Waals surface area contributed by atoms with Crippen LogP contribution in [0.4, 0.5) is 0 Å². The Morgan fingerprint density at radius 2 is 1.81 bits per heavy atom. The SMILES string of the molecule is CCCCN(C)CC(NCC)c1ccc(OC(C)C)cc1. The Bertz CT molecular complexity index is 375. The van der Waals surface area contributed by atoms with E-state index in [1.165, 1.54) is 18.4 Å². The maximum absolute atomic E-state index is 5.71. The summed E-state index contributed by atoms with van der Waals surface area (Å²) in [6, 6.07) is 8.89. The zero-order valence-electron chi connectivity index (χ0n) is 14.4. The highest BCUT2D eigenvalue weighted by molar-refractivity contribution is 5.29. The van der Waals surface area contributed by atoms with Crippen molar-refractivity contribution in [1.82, 2.24) is 10.2 Å². The topological polar surface area (TPSA) is 24.5 Å². The van der Waals surface area contributed by atoms with Crippen molar-refractivity contribution >= 4 is 0 Å². The highest BCUT2D eigenvalue weighted by Gasteiger charge is 2.13. The lowest BCUT2D eigenvalue weighted by molar-refractivity contribution is 0.242. The van der Waals surface area contributed by atoms with Gasteiger partial charge in [0.1, 0.15) is 5.75 Å². The molecule has 0 spiro atoms. The second-order valence-electron chi connectivity index (χ2n) is 5.96. The summed E-state index contributed by atoms with van der Waals surface area (Å²) in [6.45, 7) is 11.7. The van der Waals surface area contributed by atoms with Gasteiger partial charge in [0.2, 0.25) is 0 Å². The van der Waals surface area contributed by atoms with Crippen LogP contribution in [0.2, 0.25) is 0 Å². The molecule has 21 heavy (non-hydrogen) atoms. The molecular weight excluding hydrogens is 260 g/mol. The quantitative estimate of drug-likeness (QED) is 0.709. The molecule has 1 N–H and O–H groups in total. The van der Waals surface area contributed by atoms with Gasteiger partial charge in [0.05, 0.1) is 6.10 Å². The van der Waals surface area contributed by atoms with Crippen molar-refractivity contribution in [2.45, 2.75) is 52.7 Å². The fourth-order valence-electron chi connectivity index (χ4n) is 2.42. The minimum absolute atomic E-state index is 0.223. The van der Waals surface area contributed by atoms with Gasteiger partial charge in [0, 0.05) is 12.6 Å². The molecule has 0 aliphatic carbocycles. The van der Waals surface area contributed by atoms with Crippen LogP contribution in [0.15, 0.2) is 24.3 Å². The number of ether oxygens (including phenoxy) is 1. The Morgan fingerprint density at radius 1 is 1.14 bits per heavy atom. The van der Waals surface area contributed by atoms with Crippen molar-refractivity contribution in [1.29, 1.82) is 0 Å². The van der Waals surface area contributed by atoms with Gasteiger partial charge in [-0.1, -0.05) is 32.4 Å². The van der Waals surface area contributed by atoms with E-state index >= 15 is 0 Å².